The van der Waals surface area contributed by atoms with Crippen molar-refractivity contribution in [3.63, 3.8) is 0 Å². The maximum Gasteiger partial charge on any atom is 0.248 e. The van der Waals surface area contributed by atoms with Gasteiger partial charge in [0.2, 0.25) is 11.8 Å². The molecule has 21 heavy (non-hydrogen) atoms. The Kier molecular flexibility index (Phi) is 3.47. The van der Waals surface area contributed by atoms with Crippen LogP contribution < -0.4 is 5.32 Å². The summed E-state index contributed by atoms with van der Waals surface area (Å²) >= 11 is 0. The number of amides is 2. The molecule has 1 saturated carbocycles. The van der Waals surface area contributed by atoms with Crippen LogP contribution in [0.2, 0.25) is 0 Å². The van der Waals surface area contributed by atoms with E-state index in [1.807, 2.05) is 31.1 Å². The van der Waals surface area contributed by atoms with E-state index in [2.05, 4.69) is 10.4 Å². The first-order valence-corrected chi connectivity index (χ1v) is 7.61. The lowest BCUT2D eigenvalue weighted by atomic mass is 9.95. The topological polar surface area (TPSA) is 67.2 Å². The summed E-state index contributed by atoms with van der Waals surface area (Å²) < 4.78 is 1.73. The highest BCUT2D eigenvalue weighted by atomic mass is 16.2. The molecule has 3 rings (SSSR count). The molecule has 2 fully saturated rings. The van der Waals surface area contributed by atoms with Gasteiger partial charge in [0.15, 0.2) is 0 Å². The number of carbonyl (C=O) groups excluding carboxylic acids is 2. The molecule has 2 amide bonds. The molecule has 1 spiro atoms. The van der Waals surface area contributed by atoms with Crippen molar-refractivity contribution in [1.29, 1.82) is 0 Å². The van der Waals surface area contributed by atoms with Crippen LogP contribution in [0, 0.1) is 0 Å². The standard InChI is InChI=1S/C15H22N4O2/c1-11-9-13(20)16-15(6-3-4-7-15)14(21)19(11)10-12-5-8-18(2)17-12/h5,8,11H,3-4,6-7,9-10H2,1-2H3,(H,16,20). The van der Waals surface area contributed by atoms with Crippen LogP contribution in [0.3, 0.4) is 0 Å². The Balaban J connectivity index is 1.88. The highest BCUT2D eigenvalue weighted by Crippen LogP contribution is 2.34. The minimum absolute atomic E-state index is 0.0127. The van der Waals surface area contributed by atoms with E-state index in [1.54, 1.807) is 4.68 Å². The van der Waals surface area contributed by atoms with Crippen molar-refractivity contribution in [3.05, 3.63) is 18.0 Å². The van der Waals surface area contributed by atoms with Gasteiger partial charge in [0.05, 0.1) is 12.2 Å². The van der Waals surface area contributed by atoms with Gasteiger partial charge in [-0.15, -0.1) is 0 Å². The van der Waals surface area contributed by atoms with Crippen molar-refractivity contribution in [3.8, 4) is 0 Å². The van der Waals surface area contributed by atoms with Crippen LogP contribution in [-0.2, 0) is 23.2 Å². The first-order valence-electron chi connectivity index (χ1n) is 7.61. The lowest BCUT2D eigenvalue weighted by Crippen LogP contribution is -2.55. The summed E-state index contributed by atoms with van der Waals surface area (Å²) in [5, 5.41) is 7.36. The summed E-state index contributed by atoms with van der Waals surface area (Å²) in [6.07, 6.45) is 5.74. The van der Waals surface area contributed by atoms with Gasteiger partial charge < -0.3 is 10.2 Å². The van der Waals surface area contributed by atoms with Crippen LogP contribution in [0.5, 0.6) is 0 Å². The van der Waals surface area contributed by atoms with Crippen LogP contribution in [0.15, 0.2) is 12.3 Å². The molecule has 2 aliphatic rings. The molecule has 0 bridgehead atoms. The van der Waals surface area contributed by atoms with Gasteiger partial charge in [0, 0.05) is 25.7 Å². The monoisotopic (exact) mass is 290 g/mol. The van der Waals surface area contributed by atoms with Gasteiger partial charge in [-0.3, -0.25) is 14.3 Å². The van der Waals surface area contributed by atoms with Gasteiger partial charge in [0.1, 0.15) is 5.54 Å². The zero-order valence-corrected chi connectivity index (χ0v) is 12.6. The molecule has 6 nitrogen and oxygen atoms in total. The van der Waals surface area contributed by atoms with E-state index in [1.165, 1.54) is 0 Å². The minimum Gasteiger partial charge on any atom is -0.342 e. The Morgan fingerprint density at radius 3 is 2.71 bits per heavy atom. The van der Waals surface area contributed by atoms with E-state index in [9.17, 15) is 9.59 Å². The number of hydrogen-bond acceptors (Lipinski definition) is 3. The number of aromatic nitrogens is 2. The fraction of sp³-hybridized carbons (Fsp3) is 0.667. The zero-order valence-electron chi connectivity index (χ0n) is 12.6. The third kappa shape index (κ3) is 2.54. The number of carbonyl (C=O) groups is 2. The fourth-order valence-corrected chi connectivity index (χ4v) is 3.49. The van der Waals surface area contributed by atoms with Crippen molar-refractivity contribution < 1.29 is 9.59 Å². The number of rotatable bonds is 2. The summed E-state index contributed by atoms with van der Waals surface area (Å²) in [7, 11) is 1.86. The Bertz CT molecular complexity index is 560. The minimum atomic E-state index is -0.670. The van der Waals surface area contributed by atoms with Crippen molar-refractivity contribution in [2.24, 2.45) is 7.05 Å². The molecule has 2 heterocycles. The second-order valence-electron chi connectivity index (χ2n) is 6.30. The number of nitrogens with one attached hydrogen (secondary N) is 1. The molecule has 1 aliphatic heterocycles. The first kappa shape index (κ1) is 14.1. The highest BCUT2D eigenvalue weighted by Gasteiger charge is 2.48. The van der Waals surface area contributed by atoms with Gasteiger partial charge in [-0.1, -0.05) is 12.8 Å². The molecule has 1 unspecified atom stereocenters. The Morgan fingerprint density at radius 2 is 2.10 bits per heavy atom. The first-order chi connectivity index (χ1) is 10.00. The predicted octanol–water partition coefficient (Wildman–Crippen LogP) is 0.970. The van der Waals surface area contributed by atoms with E-state index in [0.29, 0.717) is 13.0 Å². The molecule has 1 aromatic rings. The zero-order chi connectivity index (χ0) is 15.0. The van der Waals surface area contributed by atoms with Gasteiger partial charge in [-0.25, -0.2) is 0 Å². The van der Waals surface area contributed by atoms with Gasteiger partial charge in [-0.05, 0) is 25.8 Å². The number of nitrogens with zero attached hydrogens (tertiary/aromatic N) is 3. The molecule has 6 heteroatoms. The summed E-state index contributed by atoms with van der Waals surface area (Å²) in [4.78, 5) is 26.9. The largest absolute Gasteiger partial charge is 0.342 e. The summed E-state index contributed by atoms with van der Waals surface area (Å²) in [6, 6.07) is 1.82. The van der Waals surface area contributed by atoms with E-state index in [-0.39, 0.29) is 17.9 Å². The van der Waals surface area contributed by atoms with E-state index in [0.717, 1.165) is 31.4 Å². The average Bonchev–Trinajstić information content (AvgIpc) is 3.03. The number of hydrogen-bond donors (Lipinski definition) is 1. The average molecular weight is 290 g/mol. The van der Waals surface area contributed by atoms with Crippen LogP contribution in [-0.4, -0.2) is 38.1 Å². The van der Waals surface area contributed by atoms with Crippen molar-refractivity contribution >= 4 is 11.8 Å². The number of aryl methyl sites for hydroxylation is 1. The third-order valence-electron chi connectivity index (χ3n) is 4.62. The molecule has 1 aromatic heterocycles. The smallest absolute Gasteiger partial charge is 0.248 e. The second-order valence-corrected chi connectivity index (χ2v) is 6.30. The SMILES string of the molecule is CC1CC(=O)NC2(CCCC2)C(=O)N1Cc1ccn(C)n1. The molecule has 1 N–H and O–H groups in total. The maximum absolute atomic E-state index is 13.0. The molecule has 0 aromatic carbocycles. The second kappa shape index (κ2) is 5.16. The molecular formula is C15H22N4O2. The summed E-state index contributed by atoms with van der Waals surface area (Å²) in [5.74, 6) is 0.0465. The highest BCUT2D eigenvalue weighted by molar-refractivity contribution is 5.94. The lowest BCUT2D eigenvalue weighted by molar-refractivity contribution is -0.140. The Labute approximate surface area is 124 Å². The Morgan fingerprint density at radius 1 is 1.38 bits per heavy atom. The maximum atomic E-state index is 13.0. The van der Waals surface area contributed by atoms with Crippen LogP contribution in [0.4, 0.5) is 0 Å². The van der Waals surface area contributed by atoms with Gasteiger partial charge >= 0.3 is 0 Å². The van der Waals surface area contributed by atoms with Gasteiger partial charge in [-0.2, -0.15) is 5.10 Å². The third-order valence-corrected chi connectivity index (χ3v) is 4.62. The van der Waals surface area contributed by atoms with Crippen molar-refractivity contribution in [1.82, 2.24) is 20.0 Å². The van der Waals surface area contributed by atoms with Crippen LogP contribution >= 0.6 is 0 Å². The summed E-state index contributed by atoms with van der Waals surface area (Å²) in [6.45, 7) is 2.41. The summed E-state index contributed by atoms with van der Waals surface area (Å²) in [5.41, 5.74) is 0.191. The van der Waals surface area contributed by atoms with Crippen LogP contribution in [0.25, 0.3) is 0 Å². The fourth-order valence-electron chi connectivity index (χ4n) is 3.49. The normalized spacial score (nSPS) is 25.2. The predicted molar refractivity (Wildman–Crippen MR) is 77.2 cm³/mol. The van der Waals surface area contributed by atoms with E-state index in [4.69, 9.17) is 0 Å². The van der Waals surface area contributed by atoms with Crippen LogP contribution in [0.1, 0.15) is 44.7 Å². The Hall–Kier alpha value is -1.85. The molecule has 1 atom stereocenters. The van der Waals surface area contributed by atoms with E-state index >= 15 is 0 Å². The molecule has 0 radical (unpaired) electrons. The quantitative estimate of drug-likeness (QED) is 0.882. The van der Waals surface area contributed by atoms with Crippen molar-refractivity contribution in [2.75, 3.05) is 0 Å². The molecule has 1 aliphatic carbocycles. The van der Waals surface area contributed by atoms with Gasteiger partial charge in [0.25, 0.3) is 0 Å². The molecule has 1 saturated heterocycles. The lowest BCUT2D eigenvalue weighted by Gasteiger charge is -2.33. The molecule has 114 valence electrons. The van der Waals surface area contributed by atoms with E-state index < -0.39 is 5.54 Å². The molecular weight excluding hydrogens is 268 g/mol. The van der Waals surface area contributed by atoms with Crippen molar-refractivity contribution in [2.45, 2.75) is 57.2 Å².